The second kappa shape index (κ2) is 11.4. The number of esters is 1. The summed E-state index contributed by atoms with van der Waals surface area (Å²) in [5, 5.41) is 0. The average molecular weight is 503 g/mol. The summed E-state index contributed by atoms with van der Waals surface area (Å²) in [6.45, 7) is 7.77. The number of nitrogens with zero attached hydrogens (tertiary/aromatic N) is 2. The third-order valence-electron chi connectivity index (χ3n) is 5.41. The number of amides is 1. The second-order valence-corrected chi connectivity index (χ2v) is 10.0. The van der Waals surface area contributed by atoms with Crippen LogP contribution in [0.15, 0.2) is 66.1 Å². The van der Waals surface area contributed by atoms with E-state index in [4.69, 9.17) is 14.2 Å². The van der Waals surface area contributed by atoms with Crippen LogP contribution in [0.4, 0.5) is 5.69 Å². The van der Waals surface area contributed by atoms with Gasteiger partial charge in [0.1, 0.15) is 5.75 Å². The van der Waals surface area contributed by atoms with E-state index in [1.165, 1.54) is 37.5 Å². The fourth-order valence-corrected chi connectivity index (χ4v) is 5.37. The zero-order chi connectivity index (χ0) is 25.6. The Hall–Kier alpha value is -3.37. The van der Waals surface area contributed by atoms with E-state index in [1.807, 2.05) is 13.8 Å². The Kier molecular flexibility index (Phi) is 8.52. The van der Waals surface area contributed by atoms with Crippen molar-refractivity contribution in [2.75, 3.05) is 37.7 Å². The number of rotatable bonds is 9. The predicted octanol–water partition coefficient (Wildman–Crippen LogP) is 2.87. The van der Waals surface area contributed by atoms with Crippen molar-refractivity contribution in [3.8, 4) is 5.75 Å². The molecule has 2 atom stereocenters. The minimum atomic E-state index is -4.08. The van der Waals surface area contributed by atoms with Crippen LogP contribution < -0.4 is 9.04 Å². The first kappa shape index (κ1) is 26.2. The summed E-state index contributed by atoms with van der Waals surface area (Å²) >= 11 is 0. The standard InChI is InChI=1S/C25H30N2O7S/c1-5-13-27(22-11-6-7-12-23(22)32-4)35(30,31)21-10-8-9-20(14-21)25(29)33-17-24(28)26-15-18(2)34-19(3)16-26/h5-12,14,18-19H,1,13,15-17H2,2-4H3/t18-,19-/m1/s1. The minimum Gasteiger partial charge on any atom is -0.495 e. The lowest BCUT2D eigenvalue weighted by Gasteiger charge is -2.35. The number of hydrogen-bond acceptors (Lipinski definition) is 7. The fraction of sp³-hybridized carbons (Fsp3) is 0.360. The molecule has 10 heteroatoms. The van der Waals surface area contributed by atoms with Crippen molar-refractivity contribution in [3.05, 3.63) is 66.7 Å². The first-order valence-corrected chi connectivity index (χ1v) is 12.6. The molecule has 0 saturated carbocycles. The van der Waals surface area contributed by atoms with Gasteiger partial charge < -0.3 is 19.1 Å². The van der Waals surface area contributed by atoms with E-state index in [2.05, 4.69) is 6.58 Å². The Morgan fingerprint density at radius 2 is 1.83 bits per heavy atom. The topological polar surface area (TPSA) is 102 Å². The van der Waals surface area contributed by atoms with Crippen molar-refractivity contribution in [1.29, 1.82) is 0 Å². The van der Waals surface area contributed by atoms with E-state index < -0.39 is 22.6 Å². The molecule has 0 N–H and O–H groups in total. The van der Waals surface area contributed by atoms with Crippen molar-refractivity contribution >= 4 is 27.6 Å². The molecule has 1 heterocycles. The van der Waals surface area contributed by atoms with Crippen LogP contribution in [0.5, 0.6) is 5.75 Å². The molecule has 35 heavy (non-hydrogen) atoms. The lowest BCUT2D eigenvalue weighted by Crippen LogP contribution is -2.49. The SMILES string of the molecule is C=CCN(c1ccccc1OC)S(=O)(=O)c1cccc(C(=O)OCC(=O)N2C[C@@H](C)O[C@H](C)C2)c1. The molecule has 1 fully saturated rings. The molecule has 2 aromatic rings. The molecule has 1 saturated heterocycles. The molecular weight excluding hydrogens is 472 g/mol. The van der Waals surface area contributed by atoms with E-state index >= 15 is 0 Å². The van der Waals surface area contributed by atoms with Crippen LogP contribution in [-0.2, 0) is 24.3 Å². The summed E-state index contributed by atoms with van der Waals surface area (Å²) in [5.74, 6) is -0.756. The highest BCUT2D eigenvalue weighted by atomic mass is 32.2. The summed E-state index contributed by atoms with van der Waals surface area (Å²) in [6, 6.07) is 12.2. The van der Waals surface area contributed by atoms with E-state index in [1.54, 1.807) is 29.2 Å². The molecular formula is C25H30N2O7S. The van der Waals surface area contributed by atoms with Crippen LogP contribution in [-0.4, -0.2) is 70.8 Å². The molecule has 2 aromatic carbocycles. The number of carbonyl (C=O) groups excluding carboxylic acids is 2. The number of carbonyl (C=O) groups is 2. The number of anilines is 1. The normalized spacial score (nSPS) is 18.0. The molecule has 3 rings (SSSR count). The maximum absolute atomic E-state index is 13.5. The Morgan fingerprint density at radius 1 is 1.14 bits per heavy atom. The predicted molar refractivity (Wildman–Crippen MR) is 131 cm³/mol. The number of ether oxygens (including phenoxy) is 3. The van der Waals surface area contributed by atoms with Gasteiger partial charge in [-0.1, -0.05) is 24.3 Å². The molecule has 0 bridgehead atoms. The van der Waals surface area contributed by atoms with Crippen molar-refractivity contribution in [1.82, 2.24) is 4.90 Å². The fourth-order valence-electron chi connectivity index (χ4n) is 3.87. The minimum absolute atomic E-state index is 0.0116. The average Bonchev–Trinajstić information content (AvgIpc) is 2.85. The van der Waals surface area contributed by atoms with Crippen LogP contribution in [0.25, 0.3) is 0 Å². The van der Waals surface area contributed by atoms with Crippen molar-refractivity contribution in [2.45, 2.75) is 31.0 Å². The summed E-state index contributed by atoms with van der Waals surface area (Å²) in [5.41, 5.74) is 0.351. The van der Waals surface area contributed by atoms with E-state index in [-0.39, 0.29) is 35.1 Å². The van der Waals surface area contributed by atoms with Crippen LogP contribution >= 0.6 is 0 Å². The second-order valence-electron chi connectivity index (χ2n) is 8.16. The first-order chi connectivity index (χ1) is 16.7. The van der Waals surface area contributed by atoms with Crippen LogP contribution in [0.2, 0.25) is 0 Å². The first-order valence-electron chi connectivity index (χ1n) is 11.1. The van der Waals surface area contributed by atoms with Crippen molar-refractivity contribution in [2.24, 2.45) is 0 Å². The summed E-state index contributed by atoms with van der Waals surface area (Å²) < 4.78 is 44.3. The Morgan fingerprint density at radius 3 is 2.49 bits per heavy atom. The van der Waals surface area contributed by atoms with E-state index in [9.17, 15) is 18.0 Å². The van der Waals surface area contributed by atoms with Crippen molar-refractivity contribution < 1.29 is 32.2 Å². The molecule has 0 spiro atoms. The largest absolute Gasteiger partial charge is 0.495 e. The van der Waals surface area contributed by atoms with Gasteiger partial charge in [-0.25, -0.2) is 13.2 Å². The van der Waals surface area contributed by atoms with Gasteiger partial charge in [-0.2, -0.15) is 0 Å². The molecule has 0 unspecified atom stereocenters. The number of morpholine rings is 1. The zero-order valence-corrected chi connectivity index (χ0v) is 20.9. The Bertz CT molecular complexity index is 1170. The van der Waals surface area contributed by atoms with Gasteiger partial charge in [-0.05, 0) is 44.2 Å². The summed E-state index contributed by atoms with van der Waals surface area (Å²) in [6.07, 6.45) is 1.24. The highest BCUT2D eigenvalue weighted by molar-refractivity contribution is 7.92. The number of hydrogen-bond donors (Lipinski definition) is 0. The van der Waals surface area contributed by atoms with Gasteiger partial charge in [0.25, 0.3) is 15.9 Å². The quantitative estimate of drug-likeness (QED) is 0.384. The van der Waals surface area contributed by atoms with Crippen LogP contribution in [0.1, 0.15) is 24.2 Å². The number of para-hydroxylation sites is 2. The molecule has 0 radical (unpaired) electrons. The number of methoxy groups -OCH3 is 1. The molecule has 9 nitrogen and oxygen atoms in total. The van der Waals surface area contributed by atoms with Gasteiger partial charge in [0, 0.05) is 13.1 Å². The third kappa shape index (κ3) is 6.20. The molecule has 1 aliphatic heterocycles. The van der Waals surface area contributed by atoms with Crippen LogP contribution in [0, 0.1) is 0 Å². The maximum atomic E-state index is 13.5. The van der Waals surface area contributed by atoms with Gasteiger partial charge in [-0.15, -0.1) is 6.58 Å². The molecule has 0 aliphatic carbocycles. The van der Waals surface area contributed by atoms with Crippen LogP contribution in [0.3, 0.4) is 0 Å². The highest BCUT2D eigenvalue weighted by Gasteiger charge is 2.29. The van der Waals surface area contributed by atoms with E-state index in [0.717, 1.165) is 4.31 Å². The Balaban J connectivity index is 1.78. The van der Waals surface area contributed by atoms with Gasteiger partial charge in [0.05, 0.1) is 42.0 Å². The maximum Gasteiger partial charge on any atom is 0.338 e. The third-order valence-corrected chi connectivity index (χ3v) is 7.18. The van der Waals surface area contributed by atoms with Gasteiger partial charge in [0.15, 0.2) is 6.61 Å². The highest BCUT2D eigenvalue weighted by Crippen LogP contribution is 2.32. The molecule has 0 aromatic heterocycles. The van der Waals surface area contributed by atoms with Gasteiger partial charge in [-0.3, -0.25) is 9.10 Å². The Labute approximate surface area is 205 Å². The molecule has 1 amide bonds. The van der Waals surface area contributed by atoms with Gasteiger partial charge in [0.2, 0.25) is 0 Å². The zero-order valence-electron chi connectivity index (χ0n) is 20.0. The lowest BCUT2D eigenvalue weighted by molar-refractivity contribution is -0.146. The molecule has 1 aliphatic rings. The summed E-state index contributed by atoms with van der Waals surface area (Å²) in [7, 11) is -2.63. The number of sulfonamides is 1. The van der Waals surface area contributed by atoms with Gasteiger partial charge >= 0.3 is 5.97 Å². The van der Waals surface area contributed by atoms with E-state index in [0.29, 0.717) is 24.5 Å². The number of benzene rings is 2. The molecule has 188 valence electrons. The monoisotopic (exact) mass is 502 g/mol. The summed E-state index contributed by atoms with van der Waals surface area (Å²) in [4.78, 5) is 26.6. The smallest absolute Gasteiger partial charge is 0.338 e. The lowest BCUT2D eigenvalue weighted by atomic mass is 10.2. The van der Waals surface area contributed by atoms with Crippen molar-refractivity contribution in [3.63, 3.8) is 0 Å².